The van der Waals surface area contributed by atoms with Crippen LogP contribution in [0.2, 0.25) is 0 Å². The van der Waals surface area contributed by atoms with Crippen molar-refractivity contribution in [3.05, 3.63) is 0 Å². The van der Waals surface area contributed by atoms with Gasteiger partial charge >= 0.3 is 0 Å². The number of nitrogens with one attached hydrogen (secondary N) is 1. The van der Waals surface area contributed by atoms with E-state index in [0.29, 0.717) is 0 Å². The molecule has 0 radical (unpaired) electrons. The molecular formula is C3H10N2Si. The second-order valence-electron chi connectivity index (χ2n) is 0.989. The molecule has 0 aliphatic carbocycles. The van der Waals surface area contributed by atoms with E-state index in [1.54, 1.807) is 6.34 Å². The Kier molecular flexibility index (Phi) is 2.75. The summed E-state index contributed by atoms with van der Waals surface area (Å²) in [7, 11) is 0. The lowest BCUT2D eigenvalue weighted by molar-refractivity contribution is 0.965. The molecule has 0 aromatic carbocycles. The summed E-state index contributed by atoms with van der Waals surface area (Å²) in [6, 6.07) is 0. The Labute approximate surface area is 41.7 Å². The van der Waals surface area contributed by atoms with Crippen molar-refractivity contribution in [2.45, 2.75) is 0 Å². The summed E-state index contributed by atoms with van der Waals surface area (Å²) in [4.78, 5) is 3.85. The summed E-state index contributed by atoms with van der Waals surface area (Å²) in [5.41, 5.74) is 0. The molecule has 0 saturated carbocycles. The zero-order chi connectivity index (χ0) is 3.54. The van der Waals surface area contributed by atoms with Gasteiger partial charge in [0.05, 0.1) is 12.9 Å². The largest absolute Gasteiger partial charge is 0.375 e. The van der Waals surface area contributed by atoms with Gasteiger partial charge in [-0.15, -0.1) is 0 Å². The van der Waals surface area contributed by atoms with E-state index in [9.17, 15) is 0 Å². The summed E-state index contributed by atoms with van der Waals surface area (Å²) >= 11 is 0. The average molecular weight is 102 g/mol. The second kappa shape index (κ2) is 2.90. The molecule has 0 amide bonds. The average Bonchev–Trinajstić information content (AvgIpc) is 1.76. The second-order valence-corrected chi connectivity index (χ2v) is 0.989. The van der Waals surface area contributed by atoms with Crippen molar-refractivity contribution in [2.75, 3.05) is 13.1 Å². The Morgan fingerprint density at radius 2 is 2.50 bits per heavy atom. The van der Waals surface area contributed by atoms with E-state index in [2.05, 4.69) is 10.3 Å². The SMILES string of the molecule is C1=NCCN1.[SiH4]. The number of aliphatic imine (C=N–C) groups is 1. The third-order valence-electron chi connectivity index (χ3n) is 0.568. The lowest BCUT2D eigenvalue weighted by Crippen LogP contribution is -2.04. The zero-order valence-electron chi connectivity index (χ0n) is 2.94. The molecule has 1 aliphatic heterocycles. The summed E-state index contributed by atoms with van der Waals surface area (Å²) in [6.07, 6.45) is 1.74. The van der Waals surface area contributed by atoms with E-state index in [0.717, 1.165) is 13.1 Å². The highest BCUT2D eigenvalue weighted by atomic mass is 28.1. The van der Waals surface area contributed by atoms with Crippen LogP contribution in [0.3, 0.4) is 0 Å². The Morgan fingerprint density at radius 1 is 1.67 bits per heavy atom. The Balaban J connectivity index is 0.000000250. The standard InChI is InChI=1S/C3H6N2.H4Si/c1-2-5-3-4-1;/h3H,1-2H2,(H,4,5);1H4. The summed E-state index contributed by atoms with van der Waals surface area (Å²) < 4.78 is 0. The fraction of sp³-hybridized carbons (Fsp3) is 0.667. The van der Waals surface area contributed by atoms with E-state index in [1.807, 2.05) is 0 Å². The van der Waals surface area contributed by atoms with Gasteiger partial charge in [-0.1, -0.05) is 0 Å². The minimum atomic E-state index is 0. The fourth-order valence-electron chi connectivity index (χ4n) is 0.323. The minimum Gasteiger partial charge on any atom is -0.375 e. The smallest absolute Gasteiger partial charge is 0.0825 e. The number of nitrogens with zero attached hydrogens (tertiary/aromatic N) is 1. The van der Waals surface area contributed by atoms with Gasteiger partial charge in [0.1, 0.15) is 0 Å². The highest BCUT2D eigenvalue weighted by Gasteiger charge is 1.82. The van der Waals surface area contributed by atoms with Crippen LogP contribution in [0.5, 0.6) is 0 Å². The maximum atomic E-state index is 3.85. The van der Waals surface area contributed by atoms with E-state index in [-0.39, 0.29) is 11.0 Å². The van der Waals surface area contributed by atoms with Crippen LogP contribution in [0.15, 0.2) is 4.99 Å². The van der Waals surface area contributed by atoms with Crippen LogP contribution in [-0.4, -0.2) is 30.4 Å². The summed E-state index contributed by atoms with van der Waals surface area (Å²) in [5.74, 6) is 0. The van der Waals surface area contributed by atoms with Crippen LogP contribution in [0.4, 0.5) is 0 Å². The summed E-state index contributed by atoms with van der Waals surface area (Å²) in [6.45, 7) is 1.99. The van der Waals surface area contributed by atoms with Crippen molar-refractivity contribution in [2.24, 2.45) is 4.99 Å². The van der Waals surface area contributed by atoms with Crippen molar-refractivity contribution >= 4 is 17.3 Å². The van der Waals surface area contributed by atoms with Gasteiger partial charge in [0, 0.05) is 6.54 Å². The van der Waals surface area contributed by atoms with E-state index in [4.69, 9.17) is 0 Å². The molecule has 1 rings (SSSR count). The van der Waals surface area contributed by atoms with Crippen molar-refractivity contribution < 1.29 is 0 Å². The lowest BCUT2D eigenvalue weighted by Gasteiger charge is -1.75. The van der Waals surface area contributed by atoms with Crippen LogP contribution in [0, 0.1) is 0 Å². The topological polar surface area (TPSA) is 24.4 Å². The third-order valence-corrected chi connectivity index (χ3v) is 0.568. The van der Waals surface area contributed by atoms with Gasteiger partial charge < -0.3 is 5.32 Å². The normalized spacial score (nSPS) is 16.0. The Morgan fingerprint density at radius 3 is 2.67 bits per heavy atom. The van der Waals surface area contributed by atoms with Crippen LogP contribution in [0.1, 0.15) is 0 Å². The first kappa shape index (κ1) is 5.69. The maximum absolute atomic E-state index is 3.85. The highest BCUT2D eigenvalue weighted by molar-refractivity contribution is 5.75. The maximum Gasteiger partial charge on any atom is 0.0825 e. The van der Waals surface area contributed by atoms with Gasteiger partial charge in [-0.2, -0.15) is 0 Å². The first-order chi connectivity index (χ1) is 2.50. The van der Waals surface area contributed by atoms with Gasteiger partial charge in [0.25, 0.3) is 0 Å². The molecule has 0 saturated heterocycles. The third kappa shape index (κ3) is 1.21. The first-order valence-corrected chi connectivity index (χ1v) is 1.72. The van der Waals surface area contributed by atoms with Crippen LogP contribution in [-0.2, 0) is 0 Å². The van der Waals surface area contributed by atoms with Gasteiger partial charge in [-0.05, 0) is 11.0 Å². The molecule has 0 aromatic rings. The molecule has 0 fully saturated rings. The van der Waals surface area contributed by atoms with E-state index < -0.39 is 0 Å². The first-order valence-electron chi connectivity index (χ1n) is 1.72. The molecule has 0 unspecified atom stereocenters. The Hall–Kier alpha value is -0.313. The predicted octanol–water partition coefficient (Wildman–Crippen LogP) is -1.83. The zero-order valence-corrected chi connectivity index (χ0v) is 2.94. The number of rotatable bonds is 0. The minimum absolute atomic E-state index is 0. The highest BCUT2D eigenvalue weighted by Crippen LogP contribution is 1.68. The molecule has 3 heteroatoms. The molecule has 0 bridgehead atoms. The van der Waals surface area contributed by atoms with Gasteiger partial charge in [-0.3, -0.25) is 4.99 Å². The van der Waals surface area contributed by atoms with E-state index in [1.165, 1.54) is 0 Å². The van der Waals surface area contributed by atoms with Gasteiger partial charge in [-0.25, -0.2) is 0 Å². The summed E-state index contributed by atoms with van der Waals surface area (Å²) in [5, 5.41) is 2.93. The molecule has 2 nitrogen and oxygen atoms in total. The molecule has 1 heterocycles. The Bertz CT molecular complexity index is 46.8. The molecule has 0 aromatic heterocycles. The number of hydrogen-bond donors (Lipinski definition) is 1. The van der Waals surface area contributed by atoms with Crippen LogP contribution in [0.25, 0.3) is 0 Å². The van der Waals surface area contributed by atoms with Gasteiger partial charge in [0.2, 0.25) is 0 Å². The van der Waals surface area contributed by atoms with Gasteiger partial charge in [0.15, 0.2) is 0 Å². The number of hydrogen-bond acceptors (Lipinski definition) is 2. The molecule has 1 N–H and O–H groups in total. The lowest BCUT2D eigenvalue weighted by atomic mass is 10.7. The molecular weight excluding hydrogens is 92.1 g/mol. The monoisotopic (exact) mass is 102 g/mol. The predicted molar refractivity (Wildman–Crippen MR) is 32.7 cm³/mol. The molecule has 1 aliphatic rings. The van der Waals surface area contributed by atoms with Crippen molar-refractivity contribution in [1.29, 1.82) is 0 Å². The quantitative estimate of drug-likeness (QED) is 0.357. The van der Waals surface area contributed by atoms with E-state index >= 15 is 0 Å². The van der Waals surface area contributed by atoms with Crippen molar-refractivity contribution in [1.82, 2.24) is 5.32 Å². The van der Waals surface area contributed by atoms with Crippen molar-refractivity contribution in [3.8, 4) is 0 Å². The molecule has 36 valence electrons. The van der Waals surface area contributed by atoms with Crippen LogP contribution >= 0.6 is 0 Å². The fourth-order valence-corrected chi connectivity index (χ4v) is 0.323. The molecule has 0 spiro atoms. The van der Waals surface area contributed by atoms with Crippen LogP contribution < -0.4 is 5.32 Å². The van der Waals surface area contributed by atoms with Crippen molar-refractivity contribution in [3.63, 3.8) is 0 Å². The molecule has 6 heavy (non-hydrogen) atoms. The molecule has 0 atom stereocenters.